The predicted octanol–water partition coefficient (Wildman–Crippen LogP) is 1.13. The number of phenolic OH excluding ortho intramolecular Hbond substituents is 1. The van der Waals surface area contributed by atoms with E-state index in [2.05, 4.69) is 36.9 Å². The highest BCUT2D eigenvalue weighted by Gasteiger charge is 2.41. The van der Waals surface area contributed by atoms with Crippen molar-refractivity contribution < 1.29 is 48.6 Å². The Kier molecular flexibility index (Phi) is 19.6. The monoisotopic (exact) mass is 1030 g/mol. The number of aromatic amines is 1. The molecule has 0 aliphatic carbocycles. The molecule has 0 saturated carbocycles. The van der Waals surface area contributed by atoms with Crippen LogP contribution in [0, 0.1) is 5.92 Å². The van der Waals surface area contributed by atoms with Crippen molar-refractivity contribution in [1.29, 1.82) is 0 Å². The fraction of sp³-hybridized carbons (Fsp3) is 0.440. The summed E-state index contributed by atoms with van der Waals surface area (Å²) in [7, 11) is 2.08. The van der Waals surface area contributed by atoms with E-state index in [-0.39, 0.29) is 49.5 Å². The first kappa shape index (κ1) is 54.9. The molecule has 386 valence electrons. The summed E-state index contributed by atoms with van der Waals surface area (Å²) in [5.74, 6) is -7.46. The Morgan fingerprint density at radius 2 is 1.42 bits per heavy atom. The van der Waals surface area contributed by atoms with Gasteiger partial charge in [-0.05, 0) is 61.6 Å². The third kappa shape index (κ3) is 14.6. The van der Waals surface area contributed by atoms with E-state index in [1.807, 2.05) is 24.3 Å². The molecule has 6 rings (SSSR count). The lowest BCUT2D eigenvalue weighted by Gasteiger charge is -2.31. The molecule has 3 heterocycles. The van der Waals surface area contributed by atoms with Crippen LogP contribution in [-0.4, -0.2) is 134 Å². The molecule has 0 spiro atoms. The third-order valence-corrected chi connectivity index (χ3v) is 14.9. The van der Waals surface area contributed by atoms with Gasteiger partial charge in [-0.2, -0.15) is 0 Å². The van der Waals surface area contributed by atoms with Crippen LogP contribution in [0.4, 0.5) is 0 Å². The summed E-state index contributed by atoms with van der Waals surface area (Å²) in [6.45, 7) is 4.76. The van der Waals surface area contributed by atoms with E-state index in [4.69, 9.17) is 11.5 Å². The van der Waals surface area contributed by atoms with Gasteiger partial charge in [0, 0.05) is 52.9 Å². The lowest BCUT2D eigenvalue weighted by molar-refractivity contribution is -0.149. The normalized spacial score (nSPS) is 22.6. The highest BCUT2D eigenvalue weighted by Crippen LogP contribution is 2.30. The maximum Gasteiger partial charge on any atom is 0.326 e. The molecule has 2 aliphatic heterocycles. The summed E-state index contributed by atoms with van der Waals surface area (Å²) < 4.78 is 0. The van der Waals surface area contributed by atoms with Gasteiger partial charge in [-0.3, -0.25) is 43.8 Å². The van der Waals surface area contributed by atoms with Gasteiger partial charge in [0.25, 0.3) is 5.91 Å². The van der Waals surface area contributed by atoms with E-state index in [1.165, 1.54) is 19.1 Å². The number of hydrogen-bond acceptors (Lipinski definition) is 14. The number of phenols is 1. The van der Waals surface area contributed by atoms with Gasteiger partial charge in [0.15, 0.2) is 0 Å². The molecule has 13 N–H and O–H groups in total. The molecule has 0 unspecified atom stereocenters. The SMILES string of the molecule is CC(C)[C@H](NC(=O)[C@@H]1CSSC[C@H](NC(=O)[C@H](C)N)C(=O)N[C@@H](Cc2ccccc2)C(=O)N2Cc3c([nH]c4ccccc34)C[C@@H](N[C@@H](CCCCN)C(=O)N[C@@H](Cc3ccc(O)cc3)C(=O)N1)C2=O)C(=O)O. The summed E-state index contributed by atoms with van der Waals surface area (Å²) in [5, 5.41) is 37.6. The maximum absolute atomic E-state index is 15.2. The van der Waals surface area contributed by atoms with Crippen molar-refractivity contribution in [3.8, 4) is 5.75 Å². The summed E-state index contributed by atoms with van der Waals surface area (Å²) in [5.41, 5.74) is 15.0. The number of carbonyl (C=O) groups is 8. The quantitative estimate of drug-likeness (QED) is 0.0479. The van der Waals surface area contributed by atoms with Gasteiger partial charge in [-0.25, -0.2) is 4.79 Å². The van der Waals surface area contributed by atoms with Crippen LogP contribution in [0.2, 0.25) is 0 Å². The van der Waals surface area contributed by atoms with Crippen molar-refractivity contribution in [1.82, 2.24) is 41.8 Å². The number of benzene rings is 3. The Morgan fingerprint density at radius 3 is 2.10 bits per heavy atom. The second kappa shape index (κ2) is 25.8. The van der Waals surface area contributed by atoms with Gasteiger partial charge < -0.3 is 53.2 Å². The molecule has 2 bridgehead atoms. The number of unbranched alkanes of at least 4 members (excludes halogenated alkanes) is 1. The number of aromatic hydroxyl groups is 1. The van der Waals surface area contributed by atoms with E-state index >= 15 is 9.59 Å². The van der Waals surface area contributed by atoms with Crippen LogP contribution in [0.25, 0.3) is 10.9 Å². The first-order chi connectivity index (χ1) is 34.4. The summed E-state index contributed by atoms with van der Waals surface area (Å²) in [4.78, 5) is 118. The largest absolute Gasteiger partial charge is 0.508 e. The number of carbonyl (C=O) groups excluding carboxylic acids is 7. The molecule has 1 saturated heterocycles. The number of imide groups is 1. The van der Waals surface area contributed by atoms with Crippen LogP contribution in [0.1, 0.15) is 62.4 Å². The number of nitrogens with one attached hydrogen (secondary N) is 7. The number of aromatic nitrogens is 1. The first-order valence-electron chi connectivity index (χ1n) is 23.9. The summed E-state index contributed by atoms with van der Waals surface area (Å²) >= 11 is 0. The van der Waals surface area contributed by atoms with Crippen molar-refractivity contribution >= 4 is 79.8 Å². The van der Waals surface area contributed by atoms with Gasteiger partial charge in [-0.15, -0.1) is 0 Å². The molecule has 8 atom stereocenters. The van der Waals surface area contributed by atoms with Crippen LogP contribution >= 0.6 is 21.6 Å². The lowest BCUT2D eigenvalue weighted by atomic mass is 10.0. The molecular formula is C50H64N10O10S2. The molecule has 0 radical (unpaired) electrons. The number of H-pyrrole nitrogens is 1. The van der Waals surface area contributed by atoms with Crippen LogP contribution in [0.5, 0.6) is 5.75 Å². The molecule has 4 aromatic rings. The van der Waals surface area contributed by atoms with Crippen LogP contribution in [-0.2, 0) is 64.2 Å². The standard InChI is InChI=1S/C50H64N10O10S2/c1-27(2)42(50(69)70)59-47(66)41-26-72-71-25-40(57-43(62)28(3)52)46(65)56-38(22-29-11-5-4-6-12-29)48(67)60-24-33-32-13-7-8-14-34(32)53-36(33)23-39(49(60)68)54-35(15-9-10-20-51)44(63)55-37(45(64)58-41)21-30-16-18-31(61)19-17-30/h4-8,11-14,16-19,27-28,35,37-42,53-54,61H,9-10,15,20-26,51-52H2,1-3H3,(H,55,63)(H,56,65)(H,57,62)(H,58,64)(H,59,66)(H,69,70)/t28-,35-,37-,38-,39+,40-,41-,42-/m0/s1. The number of hydrogen-bond donors (Lipinski definition) is 11. The number of rotatable bonds is 14. The zero-order valence-corrected chi connectivity index (χ0v) is 42.0. The minimum atomic E-state index is -1.40. The average Bonchev–Trinajstić information content (AvgIpc) is 3.63. The van der Waals surface area contributed by atoms with Crippen molar-refractivity contribution in [2.45, 2.75) is 114 Å². The molecule has 20 nitrogen and oxygen atoms in total. The Morgan fingerprint density at radius 1 is 0.778 bits per heavy atom. The molecule has 22 heteroatoms. The number of aliphatic carboxylic acids is 1. The number of nitrogens with two attached hydrogens (primary N) is 2. The van der Waals surface area contributed by atoms with Crippen molar-refractivity contribution in [3.05, 3.63) is 101 Å². The van der Waals surface area contributed by atoms with E-state index in [0.29, 0.717) is 41.8 Å². The summed E-state index contributed by atoms with van der Waals surface area (Å²) in [6.07, 6.45) is 0.882. The second-order valence-electron chi connectivity index (χ2n) is 18.4. The molecular weight excluding hydrogens is 965 g/mol. The van der Waals surface area contributed by atoms with Crippen molar-refractivity contribution in [2.24, 2.45) is 17.4 Å². The van der Waals surface area contributed by atoms with Gasteiger partial charge in [0.2, 0.25) is 35.4 Å². The predicted molar refractivity (Wildman–Crippen MR) is 274 cm³/mol. The number of nitrogens with zero attached hydrogens (tertiary/aromatic N) is 1. The molecule has 1 fully saturated rings. The lowest BCUT2D eigenvalue weighted by Crippen LogP contribution is -2.61. The Labute approximate surface area is 425 Å². The van der Waals surface area contributed by atoms with Crippen LogP contribution in [0.3, 0.4) is 0 Å². The van der Waals surface area contributed by atoms with Crippen LogP contribution < -0.4 is 43.4 Å². The van der Waals surface area contributed by atoms with E-state index in [9.17, 15) is 39.0 Å². The van der Waals surface area contributed by atoms with E-state index in [1.54, 1.807) is 56.3 Å². The Balaban J connectivity index is 1.47. The first-order valence-corrected chi connectivity index (χ1v) is 26.4. The van der Waals surface area contributed by atoms with E-state index < -0.39 is 102 Å². The number of amides is 7. The Hall–Kier alpha value is -6.46. The van der Waals surface area contributed by atoms with Gasteiger partial charge in [0.1, 0.15) is 36.0 Å². The minimum absolute atomic E-state index is 0.00516. The van der Waals surface area contributed by atoms with Crippen LogP contribution in [0.15, 0.2) is 78.9 Å². The molecule has 2 aliphatic rings. The van der Waals surface area contributed by atoms with E-state index in [0.717, 1.165) is 37.4 Å². The summed E-state index contributed by atoms with van der Waals surface area (Å²) in [6, 6.07) is 12.1. The number of para-hydroxylation sites is 1. The fourth-order valence-corrected chi connectivity index (χ4v) is 10.8. The third-order valence-electron chi connectivity index (χ3n) is 12.5. The second-order valence-corrected chi connectivity index (χ2v) is 20.9. The average molecular weight is 1030 g/mol. The molecule has 7 amide bonds. The maximum atomic E-state index is 15.2. The van der Waals surface area contributed by atoms with Gasteiger partial charge >= 0.3 is 5.97 Å². The highest BCUT2D eigenvalue weighted by atomic mass is 33.1. The number of carboxylic acids is 1. The zero-order chi connectivity index (χ0) is 52.1. The number of fused-ring (bicyclic) bond motifs is 5. The number of carboxylic acid groups (broad SMARTS) is 1. The minimum Gasteiger partial charge on any atom is -0.508 e. The Bertz CT molecular complexity index is 2580. The van der Waals surface area contributed by atoms with Crippen molar-refractivity contribution in [3.63, 3.8) is 0 Å². The topological polar surface area (TPSA) is 320 Å². The van der Waals surface area contributed by atoms with Crippen molar-refractivity contribution in [2.75, 3.05) is 18.1 Å². The smallest absolute Gasteiger partial charge is 0.326 e. The molecule has 3 aromatic carbocycles. The molecule has 1 aromatic heterocycles. The fourth-order valence-electron chi connectivity index (χ4n) is 8.47. The zero-order valence-electron chi connectivity index (χ0n) is 40.4. The van der Waals surface area contributed by atoms with Gasteiger partial charge in [-0.1, -0.05) is 103 Å². The van der Waals surface area contributed by atoms with Gasteiger partial charge in [0.05, 0.1) is 24.7 Å². The molecule has 72 heavy (non-hydrogen) atoms. The highest BCUT2D eigenvalue weighted by molar-refractivity contribution is 8.76.